The van der Waals surface area contributed by atoms with Crippen molar-refractivity contribution in [1.82, 2.24) is 0 Å². The van der Waals surface area contributed by atoms with Gasteiger partial charge >= 0.3 is 0 Å². The van der Waals surface area contributed by atoms with Gasteiger partial charge in [-0.3, -0.25) is 0 Å². The lowest BCUT2D eigenvalue weighted by Crippen LogP contribution is -2.33. The van der Waals surface area contributed by atoms with Crippen LogP contribution in [0.1, 0.15) is 44.2 Å². The van der Waals surface area contributed by atoms with Crippen LogP contribution in [0.25, 0.3) is 0 Å². The fourth-order valence-electron chi connectivity index (χ4n) is 2.98. The van der Waals surface area contributed by atoms with E-state index < -0.39 is 0 Å². The number of aryl methyl sites for hydroxylation is 2. The quantitative estimate of drug-likeness (QED) is 0.781. The molecule has 1 N–H and O–H groups in total. The first-order valence-electron chi connectivity index (χ1n) is 7.00. The number of halogens is 1. The molecule has 18 heavy (non-hydrogen) atoms. The Kier molecular flexibility index (Phi) is 4.37. The number of rotatable bonds is 2. The van der Waals surface area contributed by atoms with E-state index in [9.17, 15) is 0 Å². The topological polar surface area (TPSA) is 12.0 Å². The first-order chi connectivity index (χ1) is 8.47. The third kappa shape index (κ3) is 3.09. The minimum atomic E-state index is 0.633. The average molecular weight is 310 g/mol. The number of anilines is 1. The molecule has 0 amide bonds. The molecule has 0 spiro atoms. The summed E-state index contributed by atoms with van der Waals surface area (Å²) in [4.78, 5) is 0. The molecule has 3 unspecified atom stereocenters. The van der Waals surface area contributed by atoms with E-state index in [4.69, 9.17) is 0 Å². The van der Waals surface area contributed by atoms with E-state index in [2.05, 4.69) is 61.1 Å². The Morgan fingerprint density at radius 1 is 1.11 bits per heavy atom. The zero-order valence-electron chi connectivity index (χ0n) is 11.9. The Labute approximate surface area is 119 Å². The van der Waals surface area contributed by atoms with E-state index in [0.717, 1.165) is 11.8 Å². The van der Waals surface area contributed by atoms with Gasteiger partial charge in [-0.2, -0.15) is 0 Å². The minimum Gasteiger partial charge on any atom is -0.382 e. The second kappa shape index (κ2) is 5.64. The van der Waals surface area contributed by atoms with Gasteiger partial charge in [-0.25, -0.2) is 0 Å². The normalized spacial score (nSPS) is 28.2. The lowest BCUT2D eigenvalue weighted by Gasteiger charge is -2.34. The first kappa shape index (κ1) is 13.9. The van der Waals surface area contributed by atoms with Crippen LogP contribution < -0.4 is 5.32 Å². The zero-order valence-corrected chi connectivity index (χ0v) is 13.5. The maximum absolute atomic E-state index is 3.75. The van der Waals surface area contributed by atoms with Gasteiger partial charge in [0.15, 0.2) is 0 Å². The molecule has 1 aliphatic carbocycles. The molecule has 100 valence electrons. The number of hydrogen-bond acceptors (Lipinski definition) is 1. The highest BCUT2D eigenvalue weighted by Gasteiger charge is 2.25. The van der Waals surface area contributed by atoms with Gasteiger partial charge in [-0.1, -0.05) is 36.2 Å². The Morgan fingerprint density at radius 2 is 1.72 bits per heavy atom. The van der Waals surface area contributed by atoms with Crippen LogP contribution in [0, 0.1) is 25.7 Å². The minimum absolute atomic E-state index is 0.633. The highest BCUT2D eigenvalue weighted by atomic mass is 79.9. The van der Waals surface area contributed by atoms with Crippen LogP contribution in [0.4, 0.5) is 5.69 Å². The van der Waals surface area contributed by atoms with E-state index in [0.29, 0.717) is 6.04 Å². The van der Waals surface area contributed by atoms with E-state index >= 15 is 0 Å². The molecule has 1 fully saturated rings. The standard InChI is InChI=1S/C16H24BrN/c1-10-5-6-11(2)15(7-10)18-14-8-12(3)16(17)13(4)9-14/h8-11,15,18H,5-7H2,1-4H3. The van der Waals surface area contributed by atoms with Crippen molar-refractivity contribution in [3.8, 4) is 0 Å². The molecule has 2 heteroatoms. The van der Waals surface area contributed by atoms with Gasteiger partial charge in [0.2, 0.25) is 0 Å². The van der Waals surface area contributed by atoms with Crippen LogP contribution in [-0.4, -0.2) is 6.04 Å². The monoisotopic (exact) mass is 309 g/mol. The average Bonchev–Trinajstić information content (AvgIpc) is 2.31. The van der Waals surface area contributed by atoms with Crippen LogP contribution in [0.3, 0.4) is 0 Å². The molecule has 2 rings (SSSR count). The Bertz CT molecular complexity index is 404. The van der Waals surface area contributed by atoms with E-state index in [1.807, 2.05) is 0 Å². The third-order valence-corrected chi connectivity index (χ3v) is 5.50. The van der Waals surface area contributed by atoms with Gasteiger partial charge < -0.3 is 5.32 Å². The Balaban J connectivity index is 2.13. The van der Waals surface area contributed by atoms with E-state index in [-0.39, 0.29) is 0 Å². The lowest BCUT2D eigenvalue weighted by molar-refractivity contribution is 0.280. The maximum Gasteiger partial charge on any atom is 0.0348 e. The number of benzene rings is 1. The summed E-state index contributed by atoms with van der Waals surface area (Å²) < 4.78 is 1.23. The second-order valence-electron chi connectivity index (χ2n) is 6.07. The molecule has 1 aliphatic rings. The summed E-state index contributed by atoms with van der Waals surface area (Å²) in [6, 6.07) is 5.14. The van der Waals surface area contributed by atoms with Crippen molar-refractivity contribution >= 4 is 21.6 Å². The zero-order chi connectivity index (χ0) is 13.3. The largest absolute Gasteiger partial charge is 0.382 e. The molecular weight excluding hydrogens is 286 g/mol. The van der Waals surface area contributed by atoms with Crippen molar-refractivity contribution < 1.29 is 0 Å². The lowest BCUT2D eigenvalue weighted by atomic mass is 9.80. The summed E-state index contributed by atoms with van der Waals surface area (Å²) in [5.74, 6) is 1.64. The Morgan fingerprint density at radius 3 is 2.33 bits per heavy atom. The predicted octanol–water partition coefficient (Wildman–Crippen LogP) is 5.30. The Hall–Kier alpha value is -0.500. The molecule has 0 heterocycles. The molecule has 3 atom stereocenters. The molecule has 1 aromatic carbocycles. The van der Waals surface area contributed by atoms with Crippen molar-refractivity contribution in [3.63, 3.8) is 0 Å². The van der Waals surface area contributed by atoms with E-state index in [1.54, 1.807) is 0 Å². The highest BCUT2D eigenvalue weighted by Crippen LogP contribution is 2.32. The second-order valence-corrected chi connectivity index (χ2v) is 6.86. The highest BCUT2D eigenvalue weighted by molar-refractivity contribution is 9.10. The summed E-state index contributed by atoms with van der Waals surface area (Å²) in [6.45, 7) is 9.07. The summed E-state index contributed by atoms with van der Waals surface area (Å²) in [7, 11) is 0. The fraction of sp³-hybridized carbons (Fsp3) is 0.625. The van der Waals surface area contributed by atoms with Crippen LogP contribution in [0.15, 0.2) is 16.6 Å². The van der Waals surface area contributed by atoms with Gasteiger partial charge in [0.1, 0.15) is 0 Å². The molecule has 0 radical (unpaired) electrons. The van der Waals surface area contributed by atoms with Crippen molar-refractivity contribution in [3.05, 3.63) is 27.7 Å². The summed E-state index contributed by atoms with van der Waals surface area (Å²) in [5, 5.41) is 3.75. The molecule has 0 saturated heterocycles. The molecule has 1 aromatic rings. The molecule has 0 aliphatic heterocycles. The van der Waals surface area contributed by atoms with Crippen LogP contribution in [0.5, 0.6) is 0 Å². The predicted molar refractivity (Wildman–Crippen MR) is 83.2 cm³/mol. The first-order valence-corrected chi connectivity index (χ1v) is 7.80. The molecule has 1 nitrogen and oxygen atoms in total. The van der Waals surface area contributed by atoms with Crippen molar-refractivity contribution in [2.24, 2.45) is 11.8 Å². The van der Waals surface area contributed by atoms with Gasteiger partial charge in [0.25, 0.3) is 0 Å². The van der Waals surface area contributed by atoms with Crippen molar-refractivity contribution in [2.75, 3.05) is 5.32 Å². The van der Waals surface area contributed by atoms with Crippen LogP contribution >= 0.6 is 15.9 Å². The van der Waals surface area contributed by atoms with Crippen LogP contribution in [-0.2, 0) is 0 Å². The molecule has 0 bridgehead atoms. The fourth-order valence-corrected chi connectivity index (χ4v) is 3.21. The maximum atomic E-state index is 3.75. The molecule has 0 aromatic heterocycles. The summed E-state index contributed by atoms with van der Waals surface area (Å²) in [5.41, 5.74) is 3.90. The third-order valence-electron chi connectivity index (χ3n) is 4.25. The van der Waals surface area contributed by atoms with Crippen LogP contribution in [0.2, 0.25) is 0 Å². The summed E-state index contributed by atoms with van der Waals surface area (Å²) >= 11 is 3.63. The van der Waals surface area contributed by atoms with Gasteiger partial charge in [-0.15, -0.1) is 0 Å². The number of hydrogen-bond donors (Lipinski definition) is 1. The SMILES string of the molecule is Cc1cc(NC2CC(C)CCC2C)cc(C)c1Br. The van der Waals surface area contributed by atoms with Gasteiger partial charge in [-0.05, 0) is 61.8 Å². The van der Waals surface area contributed by atoms with Crippen molar-refractivity contribution in [2.45, 2.75) is 53.0 Å². The number of nitrogens with one attached hydrogen (secondary N) is 1. The van der Waals surface area contributed by atoms with Gasteiger partial charge in [0, 0.05) is 16.2 Å². The van der Waals surface area contributed by atoms with Gasteiger partial charge in [0.05, 0.1) is 0 Å². The molecular formula is C16H24BrN. The smallest absolute Gasteiger partial charge is 0.0348 e. The summed E-state index contributed by atoms with van der Waals surface area (Å²) in [6.07, 6.45) is 4.04. The van der Waals surface area contributed by atoms with E-state index in [1.165, 1.54) is 40.5 Å². The molecule has 1 saturated carbocycles. The van der Waals surface area contributed by atoms with Crippen molar-refractivity contribution in [1.29, 1.82) is 0 Å².